The monoisotopic (exact) mass is 312 g/mol. The van der Waals surface area contributed by atoms with Gasteiger partial charge in [-0.05, 0) is 49.9 Å². The number of carbonyl (C=O) groups excluding carboxylic acids is 3. The highest BCUT2D eigenvalue weighted by Crippen LogP contribution is 2.32. The molecule has 1 aromatic rings. The van der Waals surface area contributed by atoms with Crippen LogP contribution in [0.25, 0.3) is 0 Å². The maximum atomic E-state index is 12.3. The van der Waals surface area contributed by atoms with Crippen LogP contribution in [0.1, 0.15) is 49.4 Å². The molecule has 0 bridgehead atoms. The van der Waals surface area contributed by atoms with E-state index >= 15 is 0 Å². The van der Waals surface area contributed by atoms with Gasteiger partial charge in [-0.1, -0.05) is 6.92 Å². The third kappa shape index (κ3) is 2.91. The van der Waals surface area contributed by atoms with E-state index in [1.807, 2.05) is 6.92 Å². The van der Waals surface area contributed by atoms with Crippen LogP contribution in [0.2, 0.25) is 0 Å². The molecule has 0 fully saturated rings. The lowest BCUT2D eigenvalue weighted by Crippen LogP contribution is -2.36. The van der Waals surface area contributed by atoms with E-state index in [2.05, 4.69) is 5.32 Å². The van der Waals surface area contributed by atoms with E-state index in [0.29, 0.717) is 36.0 Å². The summed E-state index contributed by atoms with van der Waals surface area (Å²) in [5.41, 5.74) is 2.85. The molecule has 3 rings (SSSR count). The average Bonchev–Trinajstić information content (AvgIpc) is 2.84. The maximum absolute atomic E-state index is 12.3. The molecule has 0 radical (unpaired) electrons. The maximum Gasteiger partial charge on any atom is 0.258 e. The predicted octanol–water partition coefficient (Wildman–Crippen LogP) is 2.89. The smallest absolute Gasteiger partial charge is 0.258 e. The highest BCUT2D eigenvalue weighted by atomic mass is 16.2. The Labute approximate surface area is 135 Å². The van der Waals surface area contributed by atoms with E-state index < -0.39 is 0 Å². The fourth-order valence-electron chi connectivity index (χ4n) is 3.09. The minimum absolute atomic E-state index is 0.0957. The van der Waals surface area contributed by atoms with Crippen molar-refractivity contribution in [3.05, 3.63) is 41.0 Å². The first-order valence-electron chi connectivity index (χ1n) is 8.07. The molecular weight excluding hydrogens is 292 g/mol. The van der Waals surface area contributed by atoms with Gasteiger partial charge in [-0.15, -0.1) is 0 Å². The van der Waals surface area contributed by atoms with Gasteiger partial charge in [0, 0.05) is 28.8 Å². The van der Waals surface area contributed by atoms with E-state index in [4.69, 9.17) is 0 Å². The number of anilines is 1. The number of benzene rings is 1. The fourth-order valence-corrected chi connectivity index (χ4v) is 3.09. The third-order valence-corrected chi connectivity index (χ3v) is 4.44. The van der Waals surface area contributed by atoms with Crippen molar-refractivity contribution >= 4 is 23.3 Å². The highest BCUT2D eigenvalue weighted by molar-refractivity contribution is 6.19. The lowest BCUT2D eigenvalue weighted by molar-refractivity contribution is -0.137. The van der Waals surface area contributed by atoms with Crippen LogP contribution in [0, 0.1) is 0 Å². The van der Waals surface area contributed by atoms with Gasteiger partial charge >= 0.3 is 0 Å². The number of Topliss-reactive ketones (excluding diaryl/α,β-unsaturated/α-hetero) is 1. The van der Waals surface area contributed by atoms with Gasteiger partial charge in [0.1, 0.15) is 0 Å². The van der Waals surface area contributed by atoms with Gasteiger partial charge in [0.15, 0.2) is 5.78 Å². The number of rotatable bonds is 5. The summed E-state index contributed by atoms with van der Waals surface area (Å²) in [5.74, 6) is -0.219. The zero-order valence-electron chi connectivity index (χ0n) is 13.2. The van der Waals surface area contributed by atoms with Crippen molar-refractivity contribution in [2.75, 3.05) is 12.0 Å². The number of imide groups is 1. The summed E-state index contributed by atoms with van der Waals surface area (Å²) in [6, 6.07) is 7.10. The van der Waals surface area contributed by atoms with Crippen molar-refractivity contribution in [2.24, 2.45) is 0 Å². The molecule has 5 nitrogen and oxygen atoms in total. The Kier molecular flexibility index (Phi) is 4.28. The molecule has 5 heteroatoms. The first kappa shape index (κ1) is 15.5. The molecule has 0 aromatic heterocycles. The van der Waals surface area contributed by atoms with Gasteiger partial charge in [-0.3, -0.25) is 19.3 Å². The largest absolute Gasteiger partial charge is 0.367 e. The van der Waals surface area contributed by atoms with Crippen molar-refractivity contribution in [2.45, 2.75) is 39.0 Å². The number of amides is 2. The second kappa shape index (κ2) is 6.36. The van der Waals surface area contributed by atoms with E-state index in [0.717, 1.165) is 18.5 Å². The number of carbonyl (C=O) groups is 3. The molecule has 0 spiro atoms. The number of nitrogens with one attached hydrogen (secondary N) is 1. The highest BCUT2D eigenvalue weighted by Gasteiger charge is 2.38. The molecular formula is C18H20N2O3. The molecule has 1 N–H and O–H groups in total. The average molecular weight is 312 g/mol. The Bertz CT molecular complexity index is 661. The minimum atomic E-state index is -0.157. The molecule has 1 heterocycles. The second-order valence-electron chi connectivity index (χ2n) is 5.89. The van der Waals surface area contributed by atoms with E-state index in [9.17, 15) is 14.4 Å². The second-order valence-corrected chi connectivity index (χ2v) is 5.89. The minimum Gasteiger partial charge on any atom is -0.367 e. The topological polar surface area (TPSA) is 66.5 Å². The van der Waals surface area contributed by atoms with Crippen molar-refractivity contribution in [3.63, 3.8) is 0 Å². The Morgan fingerprint density at radius 3 is 2.13 bits per heavy atom. The Morgan fingerprint density at radius 2 is 1.61 bits per heavy atom. The molecule has 2 aliphatic rings. The lowest BCUT2D eigenvalue weighted by atomic mass is 9.93. The molecule has 0 unspecified atom stereocenters. The fraction of sp³-hybridized carbons (Fsp3) is 0.389. The van der Waals surface area contributed by atoms with Gasteiger partial charge in [0.05, 0.1) is 6.67 Å². The Hall–Kier alpha value is -2.43. The standard InChI is InChI=1S/C18H20N2O3/c1-2-16(21)12-7-9-13(10-8-12)19-11-20-17(22)14-5-3-4-6-15(14)18(20)23/h7-10,19H,2-6,11H2,1H3. The van der Waals surface area contributed by atoms with Crippen molar-refractivity contribution in [3.8, 4) is 0 Å². The van der Waals surface area contributed by atoms with Gasteiger partial charge in [-0.2, -0.15) is 0 Å². The van der Waals surface area contributed by atoms with Crippen molar-refractivity contribution in [1.82, 2.24) is 4.90 Å². The summed E-state index contributed by atoms with van der Waals surface area (Å²) in [6.45, 7) is 1.99. The van der Waals surface area contributed by atoms with Crippen LogP contribution in [0.3, 0.4) is 0 Å². The van der Waals surface area contributed by atoms with Crippen molar-refractivity contribution in [1.29, 1.82) is 0 Å². The van der Waals surface area contributed by atoms with Crippen LogP contribution in [-0.2, 0) is 9.59 Å². The van der Waals surface area contributed by atoms with Crippen LogP contribution >= 0.6 is 0 Å². The van der Waals surface area contributed by atoms with Crippen LogP contribution in [0.15, 0.2) is 35.4 Å². The molecule has 2 amide bonds. The van der Waals surface area contributed by atoms with Gasteiger partial charge < -0.3 is 5.32 Å². The zero-order valence-corrected chi connectivity index (χ0v) is 13.2. The van der Waals surface area contributed by atoms with Crippen LogP contribution < -0.4 is 5.32 Å². The summed E-state index contributed by atoms with van der Waals surface area (Å²) in [5, 5.41) is 3.09. The van der Waals surface area contributed by atoms with Crippen LogP contribution in [-0.4, -0.2) is 29.2 Å². The quantitative estimate of drug-likeness (QED) is 0.670. The molecule has 1 aliphatic carbocycles. The first-order chi connectivity index (χ1) is 11.1. The third-order valence-electron chi connectivity index (χ3n) is 4.44. The van der Waals surface area contributed by atoms with Gasteiger partial charge in [-0.25, -0.2) is 0 Å². The molecule has 0 saturated heterocycles. The van der Waals surface area contributed by atoms with Gasteiger partial charge in [0.25, 0.3) is 11.8 Å². The summed E-state index contributed by atoms with van der Waals surface area (Å²) in [6.07, 6.45) is 3.85. The summed E-state index contributed by atoms with van der Waals surface area (Å²) >= 11 is 0. The Balaban J connectivity index is 1.64. The summed E-state index contributed by atoms with van der Waals surface area (Å²) in [4.78, 5) is 37.5. The SMILES string of the molecule is CCC(=O)c1ccc(NCN2C(=O)C3=C(CCCC3)C2=O)cc1. The van der Waals surface area contributed by atoms with Crippen molar-refractivity contribution < 1.29 is 14.4 Å². The van der Waals surface area contributed by atoms with E-state index in [-0.39, 0.29) is 24.3 Å². The normalized spacial score (nSPS) is 17.5. The predicted molar refractivity (Wildman–Crippen MR) is 86.9 cm³/mol. The van der Waals surface area contributed by atoms with E-state index in [1.54, 1.807) is 24.3 Å². The molecule has 0 saturated carbocycles. The number of hydrogen-bond acceptors (Lipinski definition) is 4. The van der Waals surface area contributed by atoms with Crippen LogP contribution in [0.5, 0.6) is 0 Å². The number of nitrogens with zero attached hydrogens (tertiary/aromatic N) is 1. The molecule has 1 aromatic carbocycles. The number of hydrogen-bond donors (Lipinski definition) is 1. The molecule has 1 aliphatic heterocycles. The number of ketones is 1. The summed E-state index contributed by atoms with van der Waals surface area (Å²) in [7, 11) is 0. The summed E-state index contributed by atoms with van der Waals surface area (Å²) < 4.78 is 0. The van der Waals surface area contributed by atoms with E-state index in [1.165, 1.54) is 4.90 Å². The first-order valence-corrected chi connectivity index (χ1v) is 8.07. The Morgan fingerprint density at radius 1 is 1.04 bits per heavy atom. The van der Waals surface area contributed by atoms with Gasteiger partial charge in [0.2, 0.25) is 0 Å². The molecule has 0 atom stereocenters. The van der Waals surface area contributed by atoms with Crippen LogP contribution in [0.4, 0.5) is 5.69 Å². The molecule has 120 valence electrons. The zero-order chi connectivity index (χ0) is 16.4. The lowest BCUT2D eigenvalue weighted by Gasteiger charge is -2.16. The molecule has 23 heavy (non-hydrogen) atoms.